The zero-order chi connectivity index (χ0) is 34.7. The molecule has 5 N–H and O–H groups in total. The van der Waals surface area contributed by atoms with E-state index in [4.69, 9.17) is 14.2 Å². The number of hydrogen-bond donors (Lipinski definition) is 5. The summed E-state index contributed by atoms with van der Waals surface area (Å²) in [6.45, 7) is 16.0. The summed E-state index contributed by atoms with van der Waals surface area (Å²) >= 11 is 0. The Hall–Kier alpha value is -1.56. The normalized spacial score (nSPS) is 51.7. The maximum atomic E-state index is 13.0. The van der Waals surface area contributed by atoms with Gasteiger partial charge in [-0.2, -0.15) is 0 Å². The minimum absolute atomic E-state index is 0.00680. The Kier molecular flexibility index (Phi) is 8.42. The van der Waals surface area contributed by atoms with Crippen LogP contribution in [0, 0.1) is 50.2 Å². The van der Waals surface area contributed by atoms with Gasteiger partial charge in [0.15, 0.2) is 12.4 Å². The highest BCUT2D eigenvalue weighted by molar-refractivity contribution is 5.78. The van der Waals surface area contributed by atoms with Crippen LogP contribution in [0.2, 0.25) is 0 Å². The second kappa shape index (κ2) is 11.2. The standard InChI is InChI=1S/C37H58O10/c1-32(2)15-16-37(31(43)44)20(17-32)19-9-10-22-34(5)13-12-24(46-30-27(41)25(39)26(40)28(47-30)29(42)45-8)33(3,4)21(34)11-14-35(22,6)36(19,7)18-23(37)38/h9,20-28,30,38-41H,10-18H2,1-8H3,(H,43,44)/t20-,21-,22+,23+,24-,25-,26-,27+,28-,30+,34-,35+,36+,37+/m0/s1. The van der Waals surface area contributed by atoms with Crippen molar-refractivity contribution >= 4 is 11.9 Å². The first kappa shape index (κ1) is 35.3. The molecule has 6 aliphatic rings. The molecule has 0 radical (unpaired) electrons. The molecule has 0 aromatic carbocycles. The Balaban J connectivity index is 1.30. The van der Waals surface area contributed by atoms with Crippen LogP contribution in [0.1, 0.15) is 106 Å². The highest BCUT2D eigenvalue weighted by Gasteiger charge is 2.71. The number of aliphatic carboxylic acids is 1. The van der Waals surface area contributed by atoms with Crippen molar-refractivity contribution < 1.29 is 49.3 Å². The molecule has 10 heteroatoms. The van der Waals surface area contributed by atoms with Crippen molar-refractivity contribution in [1.82, 2.24) is 0 Å². The van der Waals surface area contributed by atoms with Gasteiger partial charge in [-0.3, -0.25) is 4.79 Å². The van der Waals surface area contributed by atoms with Crippen molar-refractivity contribution in [2.45, 2.75) is 149 Å². The van der Waals surface area contributed by atoms with E-state index in [9.17, 15) is 35.1 Å². The molecule has 6 rings (SSSR count). The van der Waals surface area contributed by atoms with Crippen LogP contribution < -0.4 is 0 Å². The van der Waals surface area contributed by atoms with E-state index < -0.39 is 54.2 Å². The molecule has 0 spiro atoms. The fourth-order valence-electron chi connectivity index (χ4n) is 12.4. The number of carboxylic acids is 1. The molecule has 0 unspecified atom stereocenters. The third-order valence-electron chi connectivity index (χ3n) is 15.3. The largest absolute Gasteiger partial charge is 0.481 e. The van der Waals surface area contributed by atoms with Gasteiger partial charge in [-0.25, -0.2) is 4.79 Å². The van der Waals surface area contributed by atoms with Crippen LogP contribution in [0.25, 0.3) is 0 Å². The molecule has 0 aromatic rings. The van der Waals surface area contributed by atoms with Crippen LogP contribution in [-0.2, 0) is 23.8 Å². The maximum Gasteiger partial charge on any atom is 0.337 e. The molecular weight excluding hydrogens is 604 g/mol. The van der Waals surface area contributed by atoms with Gasteiger partial charge in [-0.1, -0.05) is 60.1 Å². The van der Waals surface area contributed by atoms with Crippen molar-refractivity contribution in [3.63, 3.8) is 0 Å². The SMILES string of the molecule is COC(=O)[C@H]1O[C@@H](O[C@H]2CC[C@]3(C)[C@H]4CC=C5[C@@H]6CC(C)(C)CC[C@]6(C(=O)O)[C@H](O)C[C@@]5(C)[C@]4(C)CC[C@H]3C2(C)C)[C@H](O)[C@@H](O)[C@@H]1O. The highest BCUT2D eigenvalue weighted by atomic mass is 16.7. The summed E-state index contributed by atoms with van der Waals surface area (Å²) in [5, 5.41) is 54.2. The van der Waals surface area contributed by atoms with E-state index in [2.05, 4.69) is 54.5 Å². The molecule has 0 amide bonds. The molecule has 14 atom stereocenters. The van der Waals surface area contributed by atoms with Crippen LogP contribution >= 0.6 is 0 Å². The molecule has 47 heavy (non-hydrogen) atoms. The van der Waals surface area contributed by atoms with Gasteiger partial charge in [-0.05, 0) is 103 Å². The number of aliphatic hydroxyl groups excluding tert-OH is 4. The summed E-state index contributed by atoms with van der Waals surface area (Å²) in [6, 6.07) is 0. The monoisotopic (exact) mass is 662 g/mol. The first-order chi connectivity index (χ1) is 21.7. The average Bonchev–Trinajstić information content (AvgIpc) is 2.98. The van der Waals surface area contributed by atoms with Crippen LogP contribution in [0.15, 0.2) is 11.6 Å². The number of esters is 1. The predicted molar refractivity (Wildman–Crippen MR) is 172 cm³/mol. The van der Waals surface area contributed by atoms with Crippen LogP contribution in [-0.4, -0.2) is 87.5 Å². The van der Waals surface area contributed by atoms with Crippen LogP contribution in [0.5, 0.6) is 0 Å². The Morgan fingerprint density at radius 2 is 1.53 bits per heavy atom. The summed E-state index contributed by atoms with van der Waals surface area (Å²) in [6.07, 6.45) is 0.332. The number of aliphatic hydroxyl groups is 4. The number of carbonyl (C=O) groups excluding carboxylic acids is 1. The van der Waals surface area contributed by atoms with Crippen molar-refractivity contribution in [3.05, 3.63) is 11.6 Å². The van der Waals surface area contributed by atoms with E-state index in [0.29, 0.717) is 25.2 Å². The van der Waals surface area contributed by atoms with Gasteiger partial charge < -0.3 is 39.7 Å². The zero-order valence-corrected chi connectivity index (χ0v) is 29.5. The second-order valence-electron chi connectivity index (χ2n) is 18.2. The van der Waals surface area contributed by atoms with E-state index >= 15 is 0 Å². The lowest BCUT2D eigenvalue weighted by Gasteiger charge is -2.71. The van der Waals surface area contributed by atoms with Gasteiger partial charge in [0.2, 0.25) is 0 Å². The van der Waals surface area contributed by atoms with E-state index in [-0.39, 0.29) is 45.0 Å². The maximum absolute atomic E-state index is 13.0. The smallest absolute Gasteiger partial charge is 0.337 e. The number of ether oxygens (including phenoxy) is 3. The molecule has 1 heterocycles. The van der Waals surface area contributed by atoms with Crippen LogP contribution in [0.4, 0.5) is 0 Å². The minimum Gasteiger partial charge on any atom is -0.481 e. The average molecular weight is 663 g/mol. The molecule has 5 fully saturated rings. The Labute approximate surface area is 279 Å². The fourth-order valence-corrected chi connectivity index (χ4v) is 12.4. The predicted octanol–water partition coefficient (Wildman–Crippen LogP) is 4.21. The fraction of sp³-hybridized carbons (Fsp3) is 0.892. The first-order valence-electron chi connectivity index (χ1n) is 17.8. The van der Waals surface area contributed by atoms with Gasteiger partial charge >= 0.3 is 11.9 Å². The minimum atomic E-state index is -1.64. The first-order valence-corrected chi connectivity index (χ1v) is 17.8. The van der Waals surface area contributed by atoms with E-state index in [0.717, 1.165) is 38.5 Å². The zero-order valence-electron chi connectivity index (χ0n) is 29.5. The molecule has 10 nitrogen and oxygen atoms in total. The number of rotatable bonds is 4. The van der Waals surface area contributed by atoms with Crippen LogP contribution in [0.3, 0.4) is 0 Å². The quantitative estimate of drug-likeness (QED) is 0.167. The van der Waals surface area contributed by atoms with Crippen molar-refractivity contribution in [3.8, 4) is 0 Å². The summed E-state index contributed by atoms with van der Waals surface area (Å²) in [5.74, 6) is -1.34. The van der Waals surface area contributed by atoms with Crippen molar-refractivity contribution in [2.24, 2.45) is 50.2 Å². The van der Waals surface area contributed by atoms with E-state index in [1.165, 1.54) is 12.7 Å². The highest BCUT2D eigenvalue weighted by Crippen LogP contribution is 2.76. The Morgan fingerprint density at radius 1 is 0.851 bits per heavy atom. The third kappa shape index (κ3) is 4.78. The van der Waals surface area contributed by atoms with Gasteiger partial charge in [0.1, 0.15) is 23.7 Å². The number of methoxy groups -OCH3 is 1. The van der Waals surface area contributed by atoms with Crippen molar-refractivity contribution in [1.29, 1.82) is 0 Å². The number of carboxylic acid groups (broad SMARTS) is 1. The molecule has 4 saturated carbocycles. The lowest BCUT2D eigenvalue weighted by atomic mass is 9.33. The molecule has 1 aliphatic heterocycles. The Morgan fingerprint density at radius 3 is 2.17 bits per heavy atom. The van der Waals surface area contributed by atoms with Gasteiger partial charge in [0, 0.05) is 0 Å². The summed E-state index contributed by atoms with van der Waals surface area (Å²) in [4.78, 5) is 25.3. The number of fused-ring (bicyclic) bond motifs is 7. The van der Waals surface area contributed by atoms with Gasteiger partial charge in [-0.15, -0.1) is 0 Å². The Bertz CT molecular complexity index is 1310. The second-order valence-corrected chi connectivity index (χ2v) is 18.2. The van der Waals surface area contributed by atoms with Gasteiger partial charge in [0.05, 0.1) is 19.3 Å². The number of carbonyl (C=O) groups is 2. The molecule has 0 bridgehead atoms. The summed E-state index contributed by atoms with van der Waals surface area (Å²) in [7, 11) is 1.17. The third-order valence-corrected chi connectivity index (χ3v) is 15.3. The molecule has 5 aliphatic carbocycles. The summed E-state index contributed by atoms with van der Waals surface area (Å²) in [5.41, 5.74) is -0.775. The summed E-state index contributed by atoms with van der Waals surface area (Å²) < 4.78 is 16.9. The lowest BCUT2D eigenvalue weighted by Crippen LogP contribution is -2.68. The van der Waals surface area contributed by atoms with Crippen molar-refractivity contribution in [2.75, 3.05) is 7.11 Å². The molecule has 266 valence electrons. The topological polar surface area (TPSA) is 163 Å². The molecule has 1 saturated heterocycles. The lowest BCUT2D eigenvalue weighted by molar-refractivity contribution is -0.324. The molecular formula is C37H58O10. The number of hydrogen-bond acceptors (Lipinski definition) is 9. The van der Waals surface area contributed by atoms with E-state index in [1.807, 2.05) is 0 Å². The number of allylic oxidation sites excluding steroid dienone is 2. The van der Waals surface area contributed by atoms with E-state index in [1.54, 1.807) is 0 Å². The van der Waals surface area contributed by atoms with Gasteiger partial charge in [0.25, 0.3) is 0 Å². The molecule has 0 aromatic heterocycles.